The zero-order valence-electron chi connectivity index (χ0n) is 13.5. The molecule has 0 amide bonds. The molecule has 4 rings (SSSR count). The van der Waals surface area contributed by atoms with Gasteiger partial charge in [0.15, 0.2) is 17.2 Å². The molecular formula is C19H15NO5. The van der Waals surface area contributed by atoms with Gasteiger partial charge in [-0.3, -0.25) is 0 Å². The Bertz CT molecular complexity index is 883. The largest absolute Gasteiger partial charge is 0.497 e. The van der Waals surface area contributed by atoms with Gasteiger partial charge in [0.1, 0.15) is 19.0 Å². The first-order chi connectivity index (χ1) is 12.2. The highest BCUT2D eigenvalue weighted by Gasteiger charge is 2.24. The quantitative estimate of drug-likeness (QED) is 0.636. The van der Waals surface area contributed by atoms with Crippen LogP contribution in [0.25, 0.3) is 6.08 Å². The van der Waals surface area contributed by atoms with Crippen molar-refractivity contribution in [1.82, 2.24) is 0 Å². The van der Waals surface area contributed by atoms with E-state index in [1.807, 2.05) is 18.2 Å². The monoisotopic (exact) mass is 337 g/mol. The Balaban J connectivity index is 1.62. The molecule has 25 heavy (non-hydrogen) atoms. The Morgan fingerprint density at radius 1 is 1.04 bits per heavy atom. The standard InChI is InChI=1S/C19H15NO5/c1-22-14-5-3-13(4-6-14)18-20-15(19(21)25-18)10-12-2-7-16-17(11-12)24-9-8-23-16/h2-7,10-11H,8-9H2,1H3/b15-10+. The molecule has 0 atom stereocenters. The number of carbonyl (C=O) groups excluding carboxylic acids is 1. The molecule has 0 unspecified atom stereocenters. The summed E-state index contributed by atoms with van der Waals surface area (Å²) < 4.78 is 21.4. The van der Waals surface area contributed by atoms with E-state index < -0.39 is 5.97 Å². The van der Waals surface area contributed by atoms with Gasteiger partial charge in [0.05, 0.1) is 7.11 Å². The molecule has 0 aromatic heterocycles. The van der Waals surface area contributed by atoms with E-state index in [0.717, 1.165) is 11.3 Å². The van der Waals surface area contributed by atoms with Crippen LogP contribution < -0.4 is 14.2 Å². The lowest BCUT2D eigenvalue weighted by Crippen LogP contribution is -2.15. The van der Waals surface area contributed by atoms with E-state index in [4.69, 9.17) is 18.9 Å². The molecule has 2 aliphatic rings. The third-order valence-corrected chi connectivity index (χ3v) is 3.83. The van der Waals surface area contributed by atoms with E-state index in [0.29, 0.717) is 30.3 Å². The average Bonchev–Trinajstić information content (AvgIpc) is 3.02. The summed E-state index contributed by atoms with van der Waals surface area (Å²) in [7, 11) is 1.59. The second kappa shape index (κ2) is 6.32. The third kappa shape index (κ3) is 3.06. The van der Waals surface area contributed by atoms with Crippen LogP contribution in [0.1, 0.15) is 11.1 Å². The lowest BCUT2D eigenvalue weighted by Gasteiger charge is -2.18. The predicted octanol–water partition coefficient (Wildman–Crippen LogP) is 2.81. The molecule has 0 saturated carbocycles. The van der Waals surface area contributed by atoms with Crippen molar-refractivity contribution in [2.45, 2.75) is 0 Å². The van der Waals surface area contributed by atoms with Crippen LogP contribution in [0.5, 0.6) is 17.2 Å². The molecule has 0 spiro atoms. The molecule has 0 bridgehead atoms. The van der Waals surface area contributed by atoms with Crippen molar-refractivity contribution in [2.24, 2.45) is 4.99 Å². The van der Waals surface area contributed by atoms with Gasteiger partial charge in [-0.2, -0.15) is 0 Å². The second-order valence-electron chi connectivity index (χ2n) is 5.47. The van der Waals surface area contributed by atoms with Crippen molar-refractivity contribution in [3.63, 3.8) is 0 Å². The van der Waals surface area contributed by atoms with Crippen molar-refractivity contribution >= 4 is 17.9 Å². The maximum atomic E-state index is 12.1. The zero-order chi connectivity index (χ0) is 17.2. The van der Waals surface area contributed by atoms with Gasteiger partial charge < -0.3 is 18.9 Å². The highest BCUT2D eigenvalue weighted by Crippen LogP contribution is 2.32. The van der Waals surface area contributed by atoms with E-state index in [9.17, 15) is 4.79 Å². The molecule has 0 radical (unpaired) electrons. The number of aliphatic imine (C=N–C) groups is 1. The van der Waals surface area contributed by atoms with Crippen LogP contribution in [0.2, 0.25) is 0 Å². The molecule has 0 aliphatic carbocycles. The Morgan fingerprint density at radius 2 is 1.80 bits per heavy atom. The Labute approximate surface area is 144 Å². The molecule has 126 valence electrons. The Hall–Kier alpha value is -3.28. The molecule has 2 aromatic rings. The van der Waals surface area contributed by atoms with Crippen LogP contribution in [-0.2, 0) is 9.53 Å². The van der Waals surface area contributed by atoms with Gasteiger partial charge in [-0.15, -0.1) is 0 Å². The molecule has 0 saturated heterocycles. The van der Waals surface area contributed by atoms with E-state index in [-0.39, 0.29) is 11.6 Å². The van der Waals surface area contributed by atoms with Crippen molar-refractivity contribution in [3.8, 4) is 17.2 Å². The number of methoxy groups -OCH3 is 1. The van der Waals surface area contributed by atoms with Crippen LogP contribution in [0.15, 0.2) is 53.2 Å². The Kier molecular flexibility index (Phi) is 3.85. The van der Waals surface area contributed by atoms with Crippen molar-refractivity contribution < 1.29 is 23.7 Å². The van der Waals surface area contributed by atoms with Gasteiger partial charge in [-0.05, 0) is 48.0 Å². The van der Waals surface area contributed by atoms with E-state index in [2.05, 4.69) is 4.99 Å². The lowest BCUT2D eigenvalue weighted by molar-refractivity contribution is -0.129. The maximum absolute atomic E-state index is 12.1. The fourth-order valence-corrected chi connectivity index (χ4v) is 2.57. The third-order valence-electron chi connectivity index (χ3n) is 3.83. The molecule has 0 fully saturated rings. The van der Waals surface area contributed by atoms with Gasteiger partial charge in [-0.25, -0.2) is 9.79 Å². The van der Waals surface area contributed by atoms with Crippen molar-refractivity contribution in [1.29, 1.82) is 0 Å². The summed E-state index contributed by atoms with van der Waals surface area (Å²) in [5.74, 6) is 1.87. The number of benzene rings is 2. The lowest BCUT2D eigenvalue weighted by atomic mass is 10.1. The number of ether oxygens (including phenoxy) is 4. The zero-order valence-corrected chi connectivity index (χ0v) is 13.5. The van der Waals surface area contributed by atoms with Gasteiger partial charge in [0.25, 0.3) is 0 Å². The topological polar surface area (TPSA) is 66.3 Å². The van der Waals surface area contributed by atoms with Crippen LogP contribution >= 0.6 is 0 Å². The number of cyclic esters (lactones) is 1. The summed E-state index contributed by atoms with van der Waals surface area (Å²) >= 11 is 0. The number of nitrogens with zero attached hydrogens (tertiary/aromatic N) is 1. The van der Waals surface area contributed by atoms with Crippen LogP contribution in [-0.4, -0.2) is 32.2 Å². The van der Waals surface area contributed by atoms with Crippen LogP contribution in [0.4, 0.5) is 0 Å². The van der Waals surface area contributed by atoms with E-state index in [1.165, 1.54) is 0 Å². The summed E-state index contributed by atoms with van der Waals surface area (Å²) in [6.07, 6.45) is 1.66. The van der Waals surface area contributed by atoms with E-state index >= 15 is 0 Å². The second-order valence-corrected chi connectivity index (χ2v) is 5.47. The maximum Gasteiger partial charge on any atom is 0.363 e. The molecule has 2 aliphatic heterocycles. The van der Waals surface area contributed by atoms with Gasteiger partial charge in [0, 0.05) is 5.56 Å². The first-order valence-corrected chi connectivity index (χ1v) is 7.79. The number of hydrogen-bond acceptors (Lipinski definition) is 6. The fraction of sp³-hybridized carbons (Fsp3) is 0.158. The number of carbonyl (C=O) groups is 1. The predicted molar refractivity (Wildman–Crippen MR) is 91.0 cm³/mol. The molecule has 6 heteroatoms. The van der Waals surface area contributed by atoms with Crippen molar-refractivity contribution in [3.05, 3.63) is 59.3 Å². The number of rotatable bonds is 3. The fourth-order valence-electron chi connectivity index (χ4n) is 2.57. The molecule has 2 aromatic carbocycles. The van der Waals surface area contributed by atoms with Gasteiger partial charge in [0.2, 0.25) is 5.90 Å². The highest BCUT2D eigenvalue weighted by atomic mass is 16.6. The summed E-state index contributed by atoms with van der Waals surface area (Å²) in [5, 5.41) is 0. The molecular weight excluding hydrogens is 322 g/mol. The summed E-state index contributed by atoms with van der Waals surface area (Å²) in [5.41, 5.74) is 1.73. The number of fused-ring (bicyclic) bond motifs is 1. The molecule has 6 nitrogen and oxygen atoms in total. The first-order valence-electron chi connectivity index (χ1n) is 7.79. The van der Waals surface area contributed by atoms with Crippen molar-refractivity contribution in [2.75, 3.05) is 20.3 Å². The molecule has 2 heterocycles. The summed E-state index contributed by atoms with van der Waals surface area (Å²) in [6, 6.07) is 12.6. The van der Waals surface area contributed by atoms with Gasteiger partial charge in [-0.1, -0.05) is 6.07 Å². The smallest absolute Gasteiger partial charge is 0.363 e. The average molecular weight is 337 g/mol. The summed E-state index contributed by atoms with van der Waals surface area (Å²) in [6.45, 7) is 1.05. The Morgan fingerprint density at radius 3 is 2.56 bits per heavy atom. The minimum atomic E-state index is -0.485. The number of esters is 1. The number of hydrogen-bond donors (Lipinski definition) is 0. The highest BCUT2D eigenvalue weighted by molar-refractivity contribution is 6.12. The van der Waals surface area contributed by atoms with Crippen LogP contribution in [0.3, 0.4) is 0 Å². The minimum Gasteiger partial charge on any atom is -0.497 e. The van der Waals surface area contributed by atoms with Crippen LogP contribution in [0, 0.1) is 0 Å². The van der Waals surface area contributed by atoms with E-state index in [1.54, 1.807) is 37.5 Å². The normalized spacial score (nSPS) is 17.2. The molecule has 0 N–H and O–H groups in total. The summed E-state index contributed by atoms with van der Waals surface area (Å²) in [4.78, 5) is 16.4. The SMILES string of the molecule is COc1ccc(C2=N/C(=C/c3ccc4c(c3)OCCO4)C(=O)O2)cc1. The first kappa shape index (κ1) is 15.3. The van der Waals surface area contributed by atoms with Gasteiger partial charge >= 0.3 is 5.97 Å². The minimum absolute atomic E-state index is 0.238.